The van der Waals surface area contributed by atoms with Crippen LogP contribution in [0.15, 0.2) is 78.9 Å². The predicted octanol–water partition coefficient (Wildman–Crippen LogP) is 8.16. The summed E-state index contributed by atoms with van der Waals surface area (Å²) in [5, 5.41) is 11.2. The maximum absolute atomic E-state index is 11.6. The van der Waals surface area contributed by atoms with Gasteiger partial charge in [0, 0.05) is 27.8 Å². The summed E-state index contributed by atoms with van der Waals surface area (Å²) in [5.74, 6) is -1.36. The van der Waals surface area contributed by atoms with E-state index in [1.54, 1.807) is 6.92 Å². The van der Waals surface area contributed by atoms with Gasteiger partial charge in [-0.1, -0.05) is 87.0 Å². The van der Waals surface area contributed by atoms with Crippen LogP contribution in [-0.4, -0.2) is 35.4 Å². The molecule has 2 heterocycles. The highest BCUT2D eigenvalue weighted by Gasteiger charge is 2.42. The Morgan fingerprint density at radius 3 is 2.55 bits per heavy atom. The lowest BCUT2D eigenvalue weighted by Gasteiger charge is -2.44. The van der Waals surface area contributed by atoms with Crippen molar-refractivity contribution >= 4 is 40.6 Å². The number of aliphatic carboxylic acids is 1. The van der Waals surface area contributed by atoms with Crippen molar-refractivity contribution in [1.29, 1.82) is 0 Å². The third kappa shape index (κ3) is 7.01. The number of para-hydroxylation sites is 1. The summed E-state index contributed by atoms with van der Waals surface area (Å²) in [4.78, 5) is 16.3. The molecule has 218 valence electrons. The maximum Gasteiger partial charge on any atom is 0.344 e. The van der Waals surface area contributed by atoms with Gasteiger partial charge in [0.2, 0.25) is 0 Å². The summed E-state index contributed by atoms with van der Waals surface area (Å²) < 4.78 is 19.0. The van der Waals surface area contributed by atoms with E-state index in [0.717, 1.165) is 33.3 Å². The van der Waals surface area contributed by atoms with Gasteiger partial charge in [0.15, 0.2) is 11.9 Å². The van der Waals surface area contributed by atoms with Crippen molar-refractivity contribution in [3.05, 3.63) is 106 Å². The Morgan fingerprint density at radius 1 is 1.02 bits per heavy atom. The van der Waals surface area contributed by atoms with Crippen molar-refractivity contribution in [1.82, 2.24) is 4.98 Å². The molecular weight excluding hydrogens is 550 g/mol. The molecule has 4 aromatic rings. The summed E-state index contributed by atoms with van der Waals surface area (Å²) in [6, 6.07) is 25.5. The summed E-state index contributed by atoms with van der Waals surface area (Å²) >= 11 is 6.17. The Hall–Kier alpha value is -3.71. The van der Waals surface area contributed by atoms with Crippen molar-refractivity contribution in [2.75, 3.05) is 13.2 Å². The molecule has 1 aliphatic rings. The van der Waals surface area contributed by atoms with Gasteiger partial charge in [-0.05, 0) is 60.4 Å². The van der Waals surface area contributed by atoms with Gasteiger partial charge in [0.25, 0.3) is 0 Å². The lowest BCUT2D eigenvalue weighted by Crippen LogP contribution is -2.46. The van der Waals surface area contributed by atoms with Crippen LogP contribution in [0.3, 0.4) is 0 Å². The van der Waals surface area contributed by atoms with Crippen LogP contribution in [0.5, 0.6) is 5.75 Å². The minimum absolute atomic E-state index is 0.109. The first-order valence-corrected chi connectivity index (χ1v) is 14.6. The molecule has 0 spiro atoms. The van der Waals surface area contributed by atoms with Crippen LogP contribution in [0.2, 0.25) is 5.02 Å². The molecule has 5 rings (SSSR count). The molecule has 0 radical (unpaired) electrons. The van der Waals surface area contributed by atoms with Crippen LogP contribution >= 0.6 is 11.6 Å². The number of carboxylic acids is 1. The maximum atomic E-state index is 11.6. The topological polar surface area (TPSA) is 77.9 Å². The van der Waals surface area contributed by atoms with E-state index in [4.69, 9.17) is 30.8 Å². The van der Waals surface area contributed by atoms with E-state index >= 15 is 0 Å². The van der Waals surface area contributed by atoms with Gasteiger partial charge in [-0.3, -0.25) is 0 Å². The van der Waals surface area contributed by atoms with E-state index in [1.807, 2.05) is 84.9 Å². The Morgan fingerprint density at radius 2 is 1.79 bits per heavy atom. The molecular formula is C35H36ClNO5. The van der Waals surface area contributed by atoms with Crippen LogP contribution in [0, 0.1) is 5.41 Å². The number of hydrogen-bond donors (Lipinski definition) is 1. The molecule has 7 heteroatoms. The van der Waals surface area contributed by atoms with Crippen molar-refractivity contribution in [2.45, 2.75) is 51.9 Å². The zero-order chi connectivity index (χ0) is 29.7. The van der Waals surface area contributed by atoms with Gasteiger partial charge >= 0.3 is 5.97 Å². The summed E-state index contributed by atoms with van der Waals surface area (Å²) in [7, 11) is 0. The highest BCUT2D eigenvalue weighted by molar-refractivity contribution is 6.31. The number of nitrogens with zero attached hydrogens (tertiary/aromatic N) is 1. The number of carboxylic acid groups (broad SMARTS) is 1. The van der Waals surface area contributed by atoms with Gasteiger partial charge in [0.1, 0.15) is 5.75 Å². The number of fused-ring (bicyclic) bond motifs is 1. The Labute approximate surface area is 251 Å². The highest BCUT2D eigenvalue weighted by atomic mass is 35.5. The second-order valence-corrected chi connectivity index (χ2v) is 11.9. The molecule has 0 saturated carbocycles. The molecule has 1 atom stereocenters. The average Bonchev–Trinajstić information content (AvgIpc) is 2.98. The van der Waals surface area contributed by atoms with Crippen LogP contribution < -0.4 is 4.74 Å². The first kappa shape index (κ1) is 29.8. The van der Waals surface area contributed by atoms with E-state index in [2.05, 4.69) is 19.9 Å². The lowest BCUT2D eigenvalue weighted by molar-refractivity contribution is -0.310. The van der Waals surface area contributed by atoms with E-state index < -0.39 is 17.9 Å². The number of hydrogen-bond acceptors (Lipinski definition) is 5. The quantitative estimate of drug-likeness (QED) is 0.202. The summed E-state index contributed by atoms with van der Waals surface area (Å²) in [6.45, 7) is 7.14. The number of rotatable bonds is 10. The van der Waals surface area contributed by atoms with Gasteiger partial charge in [-0.2, -0.15) is 0 Å². The zero-order valence-corrected chi connectivity index (χ0v) is 24.9. The van der Waals surface area contributed by atoms with E-state index in [0.29, 0.717) is 43.2 Å². The highest BCUT2D eigenvalue weighted by Crippen LogP contribution is 2.41. The lowest BCUT2D eigenvalue weighted by atomic mass is 9.90. The van der Waals surface area contributed by atoms with Crippen molar-refractivity contribution < 1.29 is 24.1 Å². The van der Waals surface area contributed by atoms with Crippen molar-refractivity contribution in [2.24, 2.45) is 5.41 Å². The second kappa shape index (κ2) is 12.7. The number of aryl methyl sites for hydroxylation is 1. The normalized spacial score (nSPS) is 16.9. The number of carbonyl (C=O) groups is 1. The van der Waals surface area contributed by atoms with Gasteiger partial charge in [-0.15, -0.1) is 0 Å². The van der Waals surface area contributed by atoms with Crippen LogP contribution in [-0.2, 0) is 26.5 Å². The first-order valence-electron chi connectivity index (χ1n) is 14.3. The fourth-order valence-corrected chi connectivity index (χ4v) is 5.17. The fourth-order valence-electron chi connectivity index (χ4n) is 5.01. The smallest absolute Gasteiger partial charge is 0.344 e. The first-order chi connectivity index (χ1) is 20.2. The molecule has 42 heavy (non-hydrogen) atoms. The molecule has 1 aliphatic heterocycles. The molecule has 1 unspecified atom stereocenters. The standard InChI is InChI=1S/C35H36ClNO5/c1-4-31(33(38)39)42-32-11-6-5-9-26(32)18-19-35(40-22-34(2,3)23-41-35)27-10-7-8-24(20-27)12-16-29-17-14-25-13-15-28(36)21-30(25)37-29/h5-17,20-21,31H,4,18-19,22-23H2,1-3H3,(H,38,39)/b16-12+. The fraction of sp³-hybridized carbons (Fsp3) is 0.314. The van der Waals surface area contributed by atoms with Gasteiger partial charge in [-0.25, -0.2) is 9.78 Å². The monoisotopic (exact) mass is 585 g/mol. The third-order valence-corrected chi connectivity index (χ3v) is 7.69. The number of halogens is 1. The van der Waals surface area contributed by atoms with Crippen molar-refractivity contribution in [3.63, 3.8) is 0 Å². The SMILES string of the molecule is CCC(Oc1ccccc1CCC1(c2cccc(/C=C/c3ccc4ccc(Cl)cc4n3)c2)OCC(C)(C)CO1)C(=O)O. The zero-order valence-electron chi connectivity index (χ0n) is 24.2. The molecule has 0 aliphatic carbocycles. The molecule has 1 N–H and O–H groups in total. The Bertz CT molecular complexity index is 1590. The molecule has 0 amide bonds. The van der Waals surface area contributed by atoms with Crippen molar-refractivity contribution in [3.8, 4) is 5.75 Å². The van der Waals surface area contributed by atoms with Crippen LogP contribution in [0.4, 0.5) is 0 Å². The van der Waals surface area contributed by atoms with Gasteiger partial charge < -0.3 is 19.3 Å². The minimum Gasteiger partial charge on any atom is -0.479 e. The van der Waals surface area contributed by atoms with Gasteiger partial charge in [0.05, 0.1) is 24.4 Å². The van der Waals surface area contributed by atoms with E-state index in [9.17, 15) is 9.90 Å². The van der Waals surface area contributed by atoms with E-state index in [1.165, 1.54) is 0 Å². The molecule has 6 nitrogen and oxygen atoms in total. The summed E-state index contributed by atoms with van der Waals surface area (Å²) in [5.41, 5.74) is 4.40. The third-order valence-electron chi connectivity index (χ3n) is 7.45. The van der Waals surface area contributed by atoms with E-state index in [-0.39, 0.29) is 5.41 Å². The largest absolute Gasteiger partial charge is 0.479 e. The number of ether oxygens (including phenoxy) is 3. The number of benzene rings is 3. The molecule has 3 aromatic carbocycles. The van der Waals surface area contributed by atoms with Crippen LogP contribution in [0.1, 0.15) is 56.0 Å². The Kier molecular flexibility index (Phi) is 8.97. The minimum atomic E-state index is -0.975. The number of pyridine rings is 1. The number of aromatic nitrogens is 1. The molecule has 1 fully saturated rings. The molecule has 0 bridgehead atoms. The van der Waals surface area contributed by atoms with Crippen LogP contribution in [0.25, 0.3) is 23.1 Å². The summed E-state index contributed by atoms with van der Waals surface area (Å²) in [6.07, 6.45) is 4.60. The molecule has 1 saturated heterocycles. The molecule has 1 aromatic heterocycles. The predicted molar refractivity (Wildman–Crippen MR) is 167 cm³/mol. The average molecular weight is 586 g/mol. The Balaban J connectivity index is 1.40. The second-order valence-electron chi connectivity index (χ2n) is 11.5.